The van der Waals surface area contributed by atoms with Crippen molar-refractivity contribution >= 4 is 0 Å². The summed E-state index contributed by atoms with van der Waals surface area (Å²) in [7, 11) is 1.40. The Kier molecular flexibility index (Phi) is 1.59. The molecule has 0 aliphatic carbocycles. The quantitative estimate of drug-likeness (QED) is 0.489. The average molecular weight is 132 g/mol. The minimum absolute atomic E-state index is 0.252. The number of hydrogen-bond acceptors (Lipinski definition) is 4. The van der Waals surface area contributed by atoms with E-state index >= 15 is 0 Å². The fourth-order valence-electron chi connectivity index (χ4n) is 0.590. The summed E-state index contributed by atoms with van der Waals surface area (Å²) < 4.78 is 9.11. The Morgan fingerprint density at radius 3 is 2.56 bits per heavy atom. The Morgan fingerprint density at radius 1 is 1.67 bits per heavy atom. The van der Waals surface area contributed by atoms with E-state index in [0.717, 1.165) is 0 Å². The number of methoxy groups -OCH3 is 1. The lowest BCUT2D eigenvalue weighted by Crippen LogP contribution is -2.23. The Bertz CT molecular complexity index is 131. The summed E-state index contributed by atoms with van der Waals surface area (Å²) in [5.74, 6) is 0.252. The molecule has 0 radical (unpaired) electrons. The van der Waals surface area contributed by atoms with Crippen molar-refractivity contribution in [3.8, 4) is 0 Å². The molecule has 0 fully saturated rings. The van der Waals surface area contributed by atoms with Gasteiger partial charge >= 0.3 is 0 Å². The molecule has 4 nitrogen and oxygen atoms in total. The first kappa shape index (κ1) is 6.38. The molecule has 1 aliphatic heterocycles. The minimum Gasteiger partial charge on any atom is -0.495 e. The highest BCUT2D eigenvalue weighted by molar-refractivity contribution is 5.02. The third-order valence-corrected chi connectivity index (χ3v) is 1.12. The number of aliphatic hydroxyl groups is 2. The summed E-state index contributed by atoms with van der Waals surface area (Å²) in [6.45, 7) is 0. The molecule has 2 N–H and O–H groups in total. The van der Waals surface area contributed by atoms with Crippen LogP contribution in [0.2, 0.25) is 0 Å². The molecule has 0 spiro atoms. The van der Waals surface area contributed by atoms with Gasteiger partial charge in [-0.15, -0.1) is 0 Å². The highest BCUT2D eigenvalue weighted by Crippen LogP contribution is 2.16. The summed E-state index contributed by atoms with van der Waals surface area (Å²) in [5.41, 5.74) is 0. The molecule has 4 heteroatoms. The first-order valence-corrected chi connectivity index (χ1v) is 2.51. The van der Waals surface area contributed by atoms with E-state index in [2.05, 4.69) is 9.47 Å². The average Bonchev–Trinajstić information content (AvgIpc) is 2.15. The van der Waals surface area contributed by atoms with E-state index < -0.39 is 12.4 Å². The van der Waals surface area contributed by atoms with Crippen LogP contribution in [0.4, 0.5) is 0 Å². The van der Waals surface area contributed by atoms with Gasteiger partial charge in [-0.05, 0) is 0 Å². The second-order valence-corrected chi connectivity index (χ2v) is 1.70. The van der Waals surface area contributed by atoms with Gasteiger partial charge in [0.05, 0.1) is 7.11 Å². The molecule has 0 aromatic carbocycles. The van der Waals surface area contributed by atoms with Crippen LogP contribution in [-0.4, -0.2) is 29.7 Å². The highest BCUT2D eigenvalue weighted by Gasteiger charge is 2.28. The lowest BCUT2D eigenvalue weighted by molar-refractivity contribution is -0.0994. The molecular formula is C5H8O4. The predicted molar refractivity (Wildman–Crippen MR) is 28.2 cm³/mol. The molecule has 1 heterocycles. The summed E-state index contributed by atoms with van der Waals surface area (Å²) in [4.78, 5) is 0. The van der Waals surface area contributed by atoms with Gasteiger partial charge in [-0.25, -0.2) is 0 Å². The monoisotopic (exact) mass is 132 g/mol. The van der Waals surface area contributed by atoms with Crippen molar-refractivity contribution in [1.82, 2.24) is 0 Å². The van der Waals surface area contributed by atoms with Gasteiger partial charge in [0.2, 0.25) is 6.29 Å². The Hall–Kier alpha value is -0.740. The van der Waals surface area contributed by atoms with Crippen molar-refractivity contribution in [1.29, 1.82) is 0 Å². The maximum Gasteiger partial charge on any atom is 0.230 e. The van der Waals surface area contributed by atoms with Crippen LogP contribution >= 0.6 is 0 Å². The molecule has 0 saturated carbocycles. The molecule has 0 saturated heterocycles. The first-order valence-electron chi connectivity index (χ1n) is 2.51. The third kappa shape index (κ3) is 0.988. The van der Waals surface area contributed by atoms with E-state index in [-0.39, 0.29) is 5.76 Å². The summed E-state index contributed by atoms with van der Waals surface area (Å²) >= 11 is 0. The van der Waals surface area contributed by atoms with Crippen molar-refractivity contribution < 1.29 is 19.7 Å². The Balaban J connectivity index is 2.55. The summed E-state index contributed by atoms with van der Waals surface area (Å²) in [5, 5.41) is 17.6. The number of rotatable bonds is 1. The minimum atomic E-state index is -1.17. The van der Waals surface area contributed by atoms with Crippen molar-refractivity contribution in [2.45, 2.75) is 12.4 Å². The van der Waals surface area contributed by atoms with Gasteiger partial charge in [-0.1, -0.05) is 0 Å². The van der Waals surface area contributed by atoms with Crippen LogP contribution in [0.15, 0.2) is 12.0 Å². The molecule has 1 aliphatic rings. The summed E-state index contributed by atoms with van der Waals surface area (Å²) in [6, 6.07) is 0. The largest absolute Gasteiger partial charge is 0.495 e. The molecule has 52 valence electrons. The van der Waals surface area contributed by atoms with Crippen molar-refractivity contribution in [3.63, 3.8) is 0 Å². The normalized spacial score (nSPS) is 33.4. The second kappa shape index (κ2) is 2.24. The van der Waals surface area contributed by atoms with Crippen molar-refractivity contribution in [3.05, 3.63) is 12.0 Å². The molecule has 9 heavy (non-hydrogen) atoms. The van der Waals surface area contributed by atoms with E-state index in [0.29, 0.717) is 0 Å². The van der Waals surface area contributed by atoms with E-state index in [4.69, 9.17) is 10.2 Å². The van der Waals surface area contributed by atoms with Gasteiger partial charge in [0, 0.05) is 0 Å². The summed E-state index contributed by atoms with van der Waals surface area (Å²) in [6.07, 6.45) is -1.01. The zero-order valence-electron chi connectivity index (χ0n) is 4.94. The fraction of sp³-hybridized carbons (Fsp3) is 0.600. The zero-order valence-corrected chi connectivity index (χ0v) is 4.94. The van der Waals surface area contributed by atoms with Gasteiger partial charge in [-0.2, -0.15) is 0 Å². The van der Waals surface area contributed by atoms with Crippen LogP contribution in [0, 0.1) is 0 Å². The van der Waals surface area contributed by atoms with Gasteiger partial charge in [0.1, 0.15) is 6.26 Å². The zero-order chi connectivity index (χ0) is 6.85. The maximum atomic E-state index is 8.89. The molecule has 0 aromatic heterocycles. The topological polar surface area (TPSA) is 58.9 Å². The Morgan fingerprint density at radius 2 is 2.33 bits per heavy atom. The number of hydrogen-bond donors (Lipinski definition) is 2. The maximum absolute atomic E-state index is 8.89. The number of aliphatic hydroxyl groups excluding tert-OH is 2. The van der Waals surface area contributed by atoms with Crippen LogP contribution in [0.3, 0.4) is 0 Å². The number of ether oxygens (including phenoxy) is 2. The van der Waals surface area contributed by atoms with E-state index in [1.165, 1.54) is 13.4 Å². The standard InChI is InChI=1S/C5H8O4/c1-8-3-2-9-5(7)4(3)6/h2,4-7H,1H3. The lowest BCUT2D eigenvalue weighted by Gasteiger charge is -2.07. The predicted octanol–water partition coefficient (Wildman–Crippen LogP) is -0.816. The van der Waals surface area contributed by atoms with Gasteiger partial charge in [-0.3, -0.25) is 0 Å². The Labute approximate surface area is 52.3 Å². The third-order valence-electron chi connectivity index (χ3n) is 1.12. The van der Waals surface area contributed by atoms with Crippen LogP contribution in [-0.2, 0) is 9.47 Å². The molecule has 2 atom stereocenters. The van der Waals surface area contributed by atoms with Crippen molar-refractivity contribution in [2.24, 2.45) is 0 Å². The first-order chi connectivity index (χ1) is 4.25. The molecule has 1 rings (SSSR count). The molecule has 0 amide bonds. The SMILES string of the molecule is COC1=COC(O)C1O. The second-order valence-electron chi connectivity index (χ2n) is 1.70. The van der Waals surface area contributed by atoms with Crippen molar-refractivity contribution in [2.75, 3.05) is 7.11 Å². The van der Waals surface area contributed by atoms with E-state index in [1.807, 2.05) is 0 Å². The fourth-order valence-corrected chi connectivity index (χ4v) is 0.590. The van der Waals surface area contributed by atoms with Gasteiger partial charge in [0.15, 0.2) is 11.9 Å². The van der Waals surface area contributed by atoms with Crippen LogP contribution in [0.1, 0.15) is 0 Å². The smallest absolute Gasteiger partial charge is 0.230 e. The van der Waals surface area contributed by atoms with Crippen LogP contribution < -0.4 is 0 Å². The van der Waals surface area contributed by atoms with Crippen LogP contribution in [0.25, 0.3) is 0 Å². The highest BCUT2D eigenvalue weighted by atomic mass is 16.6. The van der Waals surface area contributed by atoms with Crippen LogP contribution in [0.5, 0.6) is 0 Å². The lowest BCUT2D eigenvalue weighted by atomic mass is 10.3. The molecular weight excluding hydrogens is 124 g/mol. The molecule has 0 aromatic rings. The van der Waals surface area contributed by atoms with E-state index in [9.17, 15) is 0 Å². The van der Waals surface area contributed by atoms with Gasteiger partial charge < -0.3 is 19.7 Å². The molecule has 0 bridgehead atoms. The molecule has 2 unspecified atom stereocenters. The van der Waals surface area contributed by atoms with Gasteiger partial charge in [0.25, 0.3) is 0 Å². The van der Waals surface area contributed by atoms with E-state index in [1.54, 1.807) is 0 Å².